The first-order valence-electron chi connectivity index (χ1n) is 6.34. The van der Waals surface area contributed by atoms with Crippen molar-refractivity contribution in [3.05, 3.63) is 22.4 Å². The van der Waals surface area contributed by atoms with Gasteiger partial charge in [0.05, 0.1) is 12.6 Å². The van der Waals surface area contributed by atoms with Gasteiger partial charge in [-0.2, -0.15) is 0 Å². The summed E-state index contributed by atoms with van der Waals surface area (Å²) in [6.07, 6.45) is 3.58. The van der Waals surface area contributed by atoms with Crippen LogP contribution in [0.5, 0.6) is 0 Å². The van der Waals surface area contributed by atoms with E-state index in [2.05, 4.69) is 41.7 Å². The summed E-state index contributed by atoms with van der Waals surface area (Å²) >= 11 is 3.74. The Morgan fingerprint density at radius 2 is 2.41 bits per heavy atom. The number of aliphatic imine (C=N–C) groups is 1. The standard InChI is InChI=1S/C13H20N2S2/c1-3-6-11(12-7-5-8-16-12)15-13-14-9-10(4-2)17-13/h5,7-8,10-11H,3-4,6,9H2,1-2H3,(H,14,15). The number of nitrogens with zero attached hydrogens (tertiary/aromatic N) is 1. The van der Waals surface area contributed by atoms with Crippen LogP contribution in [0.4, 0.5) is 0 Å². The van der Waals surface area contributed by atoms with E-state index in [1.807, 2.05) is 23.1 Å². The Kier molecular flexibility index (Phi) is 4.92. The van der Waals surface area contributed by atoms with Gasteiger partial charge >= 0.3 is 0 Å². The third-order valence-corrected chi connectivity index (χ3v) is 5.21. The number of hydrogen-bond acceptors (Lipinski definition) is 4. The highest BCUT2D eigenvalue weighted by atomic mass is 32.2. The molecule has 1 aliphatic heterocycles. The van der Waals surface area contributed by atoms with Gasteiger partial charge in [-0.3, -0.25) is 4.99 Å². The highest BCUT2D eigenvalue weighted by Crippen LogP contribution is 2.28. The molecule has 2 rings (SSSR count). The summed E-state index contributed by atoms with van der Waals surface area (Å²) in [6.45, 7) is 5.45. The van der Waals surface area contributed by atoms with Crippen LogP contribution in [0.3, 0.4) is 0 Å². The van der Waals surface area contributed by atoms with Crippen LogP contribution in [-0.2, 0) is 0 Å². The molecule has 2 nitrogen and oxygen atoms in total. The first-order chi connectivity index (χ1) is 8.33. The molecule has 0 saturated heterocycles. The van der Waals surface area contributed by atoms with Crippen LogP contribution in [0.25, 0.3) is 0 Å². The van der Waals surface area contributed by atoms with Gasteiger partial charge in [-0.05, 0) is 24.3 Å². The smallest absolute Gasteiger partial charge is 0.157 e. The van der Waals surface area contributed by atoms with Crippen molar-refractivity contribution in [2.45, 2.75) is 44.4 Å². The van der Waals surface area contributed by atoms with E-state index in [0.29, 0.717) is 11.3 Å². The van der Waals surface area contributed by atoms with Crippen molar-refractivity contribution in [2.75, 3.05) is 6.54 Å². The fraction of sp³-hybridized carbons (Fsp3) is 0.615. The van der Waals surface area contributed by atoms with Crippen molar-refractivity contribution >= 4 is 28.3 Å². The molecule has 2 heterocycles. The zero-order valence-electron chi connectivity index (χ0n) is 10.5. The summed E-state index contributed by atoms with van der Waals surface area (Å²) in [5, 5.41) is 7.58. The average Bonchev–Trinajstić information content (AvgIpc) is 2.99. The molecule has 4 heteroatoms. The van der Waals surface area contributed by atoms with Crippen molar-refractivity contribution in [2.24, 2.45) is 4.99 Å². The van der Waals surface area contributed by atoms with Gasteiger partial charge in [0.2, 0.25) is 0 Å². The van der Waals surface area contributed by atoms with Gasteiger partial charge in [-0.25, -0.2) is 0 Å². The Labute approximate surface area is 112 Å². The monoisotopic (exact) mass is 268 g/mol. The molecule has 17 heavy (non-hydrogen) atoms. The fourth-order valence-corrected chi connectivity index (χ4v) is 3.73. The molecular weight excluding hydrogens is 248 g/mol. The van der Waals surface area contributed by atoms with Crippen LogP contribution in [0, 0.1) is 0 Å². The topological polar surface area (TPSA) is 24.4 Å². The predicted molar refractivity (Wildman–Crippen MR) is 79.1 cm³/mol. The molecule has 2 unspecified atom stereocenters. The van der Waals surface area contributed by atoms with Crippen LogP contribution >= 0.6 is 23.1 Å². The van der Waals surface area contributed by atoms with Crippen molar-refractivity contribution in [1.82, 2.24) is 5.32 Å². The molecule has 0 bridgehead atoms. The minimum absolute atomic E-state index is 0.446. The summed E-state index contributed by atoms with van der Waals surface area (Å²) in [4.78, 5) is 6.02. The lowest BCUT2D eigenvalue weighted by Gasteiger charge is -2.17. The summed E-state index contributed by atoms with van der Waals surface area (Å²) in [5.74, 6) is 0. The van der Waals surface area contributed by atoms with Gasteiger partial charge in [0.25, 0.3) is 0 Å². The largest absolute Gasteiger partial charge is 0.357 e. The maximum absolute atomic E-state index is 4.59. The zero-order chi connectivity index (χ0) is 12.1. The summed E-state index contributed by atoms with van der Waals surface area (Å²) in [7, 11) is 0. The fourth-order valence-electron chi connectivity index (χ4n) is 1.92. The molecule has 0 radical (unpaired) electrons. The first kappa shape index (κ1) is 13.0. The second kappa shape index (κ2) is 6.45. The molecule has 1 aliphatic rings. The SMILES string of the molecule is CCCC(NC1=NCC(CC)S1)c1cccs1. The Bertz CT molecular complexity index is 360. The lowest BCUT2D eigenvalue weighted by Crippen LogP contribution is -2.25. The molecule has 0 aromatic carbocycles. The lowest BCUT2D eigenvalue weighted by molar-refractivity contribution is 0.594. The molecule has 0 amide bonds. The van der Waals surface area contributed by atoms with Crippen LogP contribution in [0.1, 0.15) is 44.0 Å². The normalized spacial score (nSPS) is 21.3. The third kappa shape index (κ3) is 3.49. The summed E-state index contributed by atoms with van der Waals surface area (Å²) < 4.78 is 0. The highest BCUT2D eigenvalue weighted by Gasteiger charge is 2.21. The molecule has 0 aliphatic carbocycles. The van der Waals surface area contributed by atoms with Gasteiger partial charge in [0.15, 0.2) is 5.17 Å². The van der Waals surface area contributed by atoms with E-state index < -0.39 is 0 Å². The number of thiophene rings is 1. The number of thioether (sulfide) groups is 1. The van der Waals surface area contributed by atoms with Gasteiger partial charge < -0.3 is 5.32 Å². The second-order valence-corrected chi connectivity index (χ2v) is 6.56. The van der Waals surface area contributed by atoms with Crippen LogP contribution in [0.15, 0.2) is 22.5 Å². The molecule has 94 valence electrons. The quantitative estimate of drug-likeness (QED) is 0.871. The molecule has 1 aromatic heterocycles. The number of amidine groups is 1. The Balaban J connectivity index is 1.95. The van der Waals surface area contributed by atoms with Crippen LogP contribution < -0.4 is 5.32 Å². The maximum atomic E-state index is 4.59. The van der Waals surface area contributed by atoms with Crippen molar-refractivity contribution in [3.8, 4) is 0 Å². The molecule has 0 fully saturated rings. The number of nitrogens with one attached hydrogen (secondary N) is 1. The number of hydrogen-bond donors (Lipinski definition) is 1. The molecule has 1 N–H and O–H groups in total. The second-order valence-electron chi connectivity index (χ2n) is 4.29. The van der Waals surface area contributed by atoms with Crippen molar-refractivity contribution in [1.29, 1.82) is 0 Å². The predicted octanol–water partition coefficient (Wildman–Crippen LogP) is 4.06. The van der Waals surface area contributed by atoms with Gasteiger partial charge in [-0.15, -0.1) is 11.3 Å². The van der Waals surface area contributed by atoms with E-state index in [0.717, 1.165) is 11.7 Å². The van der Waals surface area contributed by atoms with Gasteiger partial charge in [0, 0.05) is 10.1 Å². The van der Waals surface area contributed by atoms with Crippen molar-refractivity contribution in [3.63, 3.8) is 0 Å². The first-order valence-corrected chi connectivity index (χ1v) is 8.10. The highest BCUT2D eigenvalue weighted by molar-refractivity contribution is 8.14. The summed E-state index contributed by atoms with van der Waals surface area (Å²) in [6, 6.07) is 4.79. The summed E-state index contributed by atoms with van der Waals surface area (Å²) in [5.41, 5.74) is 0. The van der Waals surface area contributed by atoms with Crippen LogP contribution in [0.2, 0.25) is 0 Å². The van der Waals surface area contributed by atoms with Crippen LogP contribution in [-0.4, -0.2) is 17.0 Å². The average molecular weight is 268 g/mol. The minimum Gasteiger partial charge on any atom is -0.357 e. The van der Waals surface area contributed by atoms with E-state index in [4.69, 9.17) is 0 Å². The van der Waals surface area contributed by atoms with Gasteiger partial charge in [0.1, 0.15) is 0 Å². The van der Waals surface area contributed by atoms with E-state index in [-0.39, 0.29) is 0 Å². The van der Waals surface area contributed by atoms with E-state index in [1.54, 1.807) is 0 Å². The minimum atomic E-state index is 0.446. The molecule has 1 aromatic rings. The third-order valence-electron chi connectivity index (χ3n) is 2.93. The lowest BCUT2D eigenvalue weighted by atomic mass is 10.1. The molecular formula is C13H20N2S2. The van der Waals surface area contributed by atoms with Gasteiger partial charge in [-0.1, -0.05) is 38.1 Å². The molecule has 0 saturated carbocycles. The van der Waals surface area contributed by atoms with E-state index >= 15 is 0 Å². The Hall–Kier alpha value is -0.480. The van der Waals surface area contributed by atoms with Crippen molar-refractivity contribution < 1.29 is 0 Å². The molecule has 2 atom stereocenters. The van der Waals surface area contributed by atoms with E-state index in [1.165, 1.54) is 24.1 Å². The number of rotatable bonds is 5. The van der Waals surface area contributed by atoms with E-state index in [9.17, 15) is 0 Å². The molecule has 0 spiro atoms. The zero-order valence-corrected chi connectivity index (χ0v) is 12.1. The Morgan fingerprint density at radius 3 is 3.00 bits per heavy atom. The Morgan fingerprint density at radius 1 is 1.53 bits per heavy atom. The maximum Gasteiger partial charge on any atom is 0.157 e.